The van der Waals surface area contributed by atoms with Crippen LogP contribution in [0.1, 0.15) is 17.5 Å². The standard InChI is InChI=1S/C27H24F2N2O7/c1-31(2)21-16-8-11-7-15-14(10-5-12(28)9-13(29)6-10)3-4-17(32)19(15)22(33)18(11)24(35)27(16,38)25(36)20(23(21)34)26(30)37/h3-6,9,11,16,21,32-33,36,38H,7-8H2,1-2H3,(H2,30,37). The molecule has 0 aromatic heterocycles. The summed E-state index contributed by atoms with van der Waals surface area (Å²) in [5.74, 6) is -9.31. The number of benzene rings is 2. The highest BCUT2D eigenvalue weighted by molar-refractivity contribution is 6.24. The molecule has 3 aliphatic rings. The van der Waals surface area contributed by atoms with Crippen molar-refractivity contribution in [2.75, 3.05) is 14.1 Å². The average molecular weight is 526 g/mol. The van der Waals surface area contributed by atoms with Crippen LogP contribution in [0.25, 0.3) is 16.9 Å². The Morgan fingerprint density at radius 2 is 1.71 bits per heavy atom. The number of nitrogens with zero attached hydrogens (tertiary/aromatic N) is 1. The van der Waals surface area contributed by atoms with E-state index in [1.807, 2.05) is 0 Å². The van der Waals surface area contributed by atoms with Gasteiger partial charge in [0.15, 0.2) is 11.4 Å². The first-order valence-electron chi connectivity index (χ1n) is 11.7. The number of aromatic hydroxyl groups is 1. The van der Waals surface area contributed by atoms with Crippen molar-refractivity contribution in [3.05, 3.63) is 70.0 Å². The van der Waals surface area contributed by atoms with Gasteiger partial charge in [-0.2, -0.15) is 0 Å². The molecule has 3 aliphatic carbocycles. The van der Waals surface area contributed by atoms with E-state index in [0.29, 0.717) is 17.2 Å². The Balaban J connectivity index is 1.75. The number of halogens is 2. The number of fused-ring (bicyclic) bond motifs is 3. The van der Waals surface area contributed by atoms with E-state index in [2.05, 4.69) is 0 Å². The van der Waals surface area contributed by atoms with Crippen LogP contribution in [0.2, 0.25) is 0 Å². The normalized spacial score (nSPS) is 26.8. The van der Waals surface area contributed by atoms with Crippen molar-refractivity contribution in [3.8, 4) is 16.9 Å². The highest BCUT2D eigenvalue weighted by atomic mass is 19.1. The van der Waals surface area contributed by atoms with E-state index in [4.69, 9.17) is 5.73 Å². The van der Waals surface area contributed by atoms with Crippen molar-refractivity contribution in [3.63, 3.8) is 0 Å². The third-order valence-corrected chi connectivity index (χ3v) is 7.78. The number of carbonyl (C=O) groups excluding carboxylic acids is 3. The minimum absolute atomic E-state index is 0.00357. The van der Waals surface area contributed by atoms with Gasteiger partial charge >= 0.3 is 0 Å². The van der Waals surface area contributed by atoms with E-state index < -0.39 is 75.4 Å². The molecule has 0 radical (unpaired) electrons. The van der Waals surface area contributed by atoms with Crippen LogP contribution in [0.3, 0.4) is 0 Å². The van der Waals surface area contributed by atoms with Gasteiger partial charge in [-0.1, -0.05) is 6.07 Å². The Labute approximate surface area is 215 Å². The SMILES string of the molecule is CN(C)C1C(=O)C(C(N)=O)=C(O)C2(O)C(=O)C3=C(O)c4c(O)ccc(-c5cc(F)cc(F)c5)c4CC3CC12. The van der Waals surface area contributed by atoms with Crippen LogP contribution in [0, 0.1) is 23.5 Å². The van der Waals surface area contributed by atoms with Gasteiger partial charge in [-0.3, -0.25) is 19.3 Å². The second-order valence-electron chi connectivity index (χ2n) is 10.1. The third-order valence-electron chi connectivity index (χ3n) is 7.78. The molecule has 0 heterocycles. The summed E-state index contributed by atoms with van der Waals surface area (Å²) in [7, 11) is 3.00. The van der Waals surface area contributed by atoms with Gasteiger partial charge in [0.1, 0.15) is 34.5 Å². The molecule has 1 saturated carbocycles. The molecule has 4 unspecified atom stereocenters. The number of phenolic OH excluding ortho intramolecular Hbond substituents is 1. The predicted octanol–water partition coefficient (Wildman–Crippen LogP) is 1.91. The fraction of sp³-hybridized carbons (Fsp3) is 0.296. The van der Waals surface area contributed by atoms with Crippen molar-refractivity contribution in [2.24, 2.45) is 17.6 Å². The van der Waals surface area contributed by atoms with E-state index in [0.717, 1.165) is 12.1 Å². The lowest BCUT2D eigenvalue weighted by molar-refractivity contribution is -0.153. The lowest BCUT2D eigenvalue weighted by atomic mass is 9.57. The number of aliphatic hydroxyl groups excluding tert-OH is 2. The predicted molar refractivity (Wildman–Crippen MR) is 130 cm³/mol. The molecule has 1 amide bonds. The first-order chi connectivity index (χ1) is 17.8. The maximum atomic E-state index is 14.0. The number of Topliss-reactive ketones (excluding diaryl/α,β-unsaturated/α-hetero) is 2. The van der Waals surface area contributed by atoms with Crippen LogP contribution < -0.4 is 5.73 Å². The van der Waals surface area contributed by atoms with Crippen molar-refractivity contribution in [1.82, 2.24) is 4.90 Å². The number of ketones is 2. The molecule has 38 heavy (non-hydrogen) atoms. The summed E-state index contributed by atoms with van der Waals surface area (Å²) in [6, 6.07) is 4.30. The molecule has 11 heteroatoms. The lowest BCUT2D eigenvalue weighted by Gasteiger charge is -2.50. The maximum absolute atomic E-state index is 14.0. The second kappa shape index (κ2) is 8.47. The average Bonchev–Trinajstić information content (AvgIpc) is 2.80. The van der Waals surface area contributed by atoms with Crippen molar-refractivity contribution < 1.29 is 43.6 Å². The Morgan fingerprint density at radius 1 is 1.08 bits per heavy atom. The van der Waals surface area contributed by atoms with Crippen molar-refractivity contribution >= 4 is 23.2 Å². The van der Waals surface area contributed by atoms with E-state index >= 15 is 0 Å². The smallest absolute Gasteiger partial charge is 0.255 e. The van der Waals surface area contributed by atoms with Crippen LogP contribution in [-0.4, -0.2) is 68.5 Å². The zero-order chi connectivity index (χ0) is 27.8. The summed E-state index contributed by atoms with van der Waals surface area (Å²) in [5, 5.41) is 44.3. The molecule has 0 aliphatic heterocycles. The summed E-state index contributed by atoms with van der Waals surface area (Å²) in [6.07, 6.45) is -0.102. The van der Waals surface area contributed by atoms with Gasteiger partial charge in [-0.25, -0.2) is 8.78 Å². The number of rotatable bonds is 3. The number of carbonyl (C=O) groups is 3. The number of likely N-dealkylation sites (N-methyl/N-ethyl adjacent to an activating group) is 1. The highest BCUT2D eigenvalue weighted by Gasteiger charge is 2.64. The summed E-state index contributed by atoms with van der Waals surface area (Å²) in [6.45, 7) is 0. The molecule has 6 N–H and O–H groups in total. The van der Waals surface area contributed by atoms with Gasteiger partial charge in [0, 0.05) is 17.6 Å². The number of aliphatic hydroxyl groups is 3. The summed E-state index contributed by atoms with van der Waals surface area (Å²) >= 11 is 0. The van der Waals surface area contributed by atoms with Gasteiger partial charge in [0.05, 0.1) is 11.6 Å². The van der Waals surface area contributed by atoms with Crippen molar-refractivity contribution in [2.45, 2.75) is 24.5 Å². The topological polar surface area (TPSA) is 161 Å². The van der Waals surface area contributed by atoms with Gasteiger partial charge < -0.3 is 26.2 Å². The lowest BCUT2D eigenvalue weighted by Crippen LogP contribution is -2.65. The first-order valence-corrected chi connectivity index (χ1v) is 11.7. The number of nitrogens with two attached hydrogens (primary N) is 1. The minimum atomic E-state index is -2.75. The van der Waals surface area contributed by atoms with E-state index in [1.54, 1.807) is 0 Å². The Morgan fingerprint density at radius 3 is 2.29 bits per heavy atom. The molecule has 4 atom stereocenters. The largest absolute Gasteiger partial charge is 0.508 e. The van der Waals surface area contributed by atoms with E-state index in [-0.39, 0.29) is 29.5 Å². The Hall–Kier alpha value is -4.09. The Kier molecular flexibility index (Phi) is 5.69. The van der Waals surface area contributed by atoms with Gasteiger partial charge in [-0.15, -0.1) is 0 Å². The highest BCUT2D eigenvalue weighted by Crippen LogP contribution is 2.53. The molecule has 0 spiro atoms. The molecular formula is C27H24F2N2O7. The molecule has 2 aromatic rings. The van der Waals surface area contributed by atoms with Crippen LogP contribution in [0.5, 0.6) is 5.75 Å². The maximum Gasteiger partial charge on any atom is 0.255 e. The van der Waals surface area contributed by atoms with Crippen LogP contribution in [0.15, 0.2) is 47.2 Å². The van der Waals surface area contributed by atoms with Gasteiger partial charge in [0.25, 0.3) is 5.91 Å². The first kappa shape index (κ1) is 25.6. The number of hydrogen-bond acceptors (Lipinski definition) is 8. The van der Waals surface area contributed by atoms with Crippen LogP contribution >= 0.6 is 0 Å². The summed E-state index contributed by atoms with van der Waals surface area (Å²) in [5.41, 5.74) is 1.94. The van der Waals surface area contributed by atoms with Gasteiger partial charge in [0.2, 0.25) is 5.78 Å². The monoisotopic (exact) mass is 526 g/mol. The molecule has 2 aromatic carbocycles. The summed E-state index contributed by atoms with van der Waals surface area (Å²) in [4.78, 5) is 40.4. The van der Waals surface area contributed by atoms with E-state index in [9.17, 15) is 43.6 Å². The van der Waals surface area contributed by atoms with Gasteiger partial charge in [-0.05, 0) is 67.7 Å². The molecule has 0 saturated heterocycles. The molecule has 9 nitrogen and oxygen atoms in total. The molecule has 1 fully saturated rings. The zero-order valence-corrected chi connectivity index (χ0v) is 20.3. The molecular weight excluding hydrogens is 502 g/mol. The Bertz CT molecular complexity index is 1490. The number of primary amides is 1. The molecule has 0 bridgehead atoms. The molecule has 5 rings (SSSR count). The van der Waals surface area contributed by atoms with Crippen LogP contribution in [-0.2, 0) is 20.8 Å². The van der Waals surface area contributed by atoms with Crippen molar-refractivity contribution in [1.29, 1.82) is 0 Å². The molecule has 198 valence electrons. The number of hydrogen-bond donors (Lipinski definition) is 5. The fourth-order valence-corrected chi connectivity index (χ4v) is 6.22. The summed E-state index contributed by atoms with van der Waals surface area (Å²) < 4.78 is 28.0. The zero-order valence-electron chi connectivity index (χ0n) is 20.3. The minimum Gasteiger partial charge on any atom is -0.508 e. The quantitative estimate of drug-likeness (QED) is 0.379. The fourth-order valence-electron chi connectivity index (χ4n) is 6.22. The number of amides is 1. The second-order valence-corrected chi connectivity index (χ2v) is 10.1. The third kappa shape index (κ3) is 3.38. The van der Waals surface area contributed by atoms with Crippen LogP contribution in [0.4, 0.5) is 8.78 Å². The van der Waals surface area contributed by atoms with E-state index in [1.165, 1.54) is 31.1 Å². The number of phenols is 1.